The summed E-state index contributed by atoms with van der Waals surface area (Å²) in [5.74, 6) is 0.275. The molecule has 2 heterocycles. The smallest absolute Gasteiger partial charge is 0.262 e. The Labute approximate surface area is 184 Å². The molecule has 0 saturated heterocycles. The summed E-state index contributed by atoms with van der Waals surface area (Å²) < 4.78 is 8.06. The Morgan fingerprint density at radius 1 is 0.968 bits per heavy atom. The molecular formula is C26H18ClNO3. The Morgan fingerprint density at radius 2 is 1.74 bits per heavy atom. The Kier molecular flexibility index (Phi) is 4.05. The fraction of sp³-hybridized carbons (Fsp3) is 0.154. The van der Waals surface area contributed by atoms with Crippen molar-refractivity contribution >= 4 is 34.2 Å². The fourth-order valence-corrected chi connectivity index (χ4v) is 5.15. The monoisotopic (exact) mass is 427 g/mol. The summed E-state index contributed by atoms with van der Waals surface area (Å²) >= 11 is 6.12. The Hall–Kier alpha value is -3.37. The molecule has 6 rings (SSSR count). The zero-order valence-corrected chi connectivity index (χ0v) is 17.3. The summed E-state index contributed by atoms with van der Waals surface area (Å²) in [6, 6.07) is 22.4. The van der Waals surface area contributed by atoms with Gasteiger partial charge in [-0.1, -0.05) is 48.0 Å². The van der Waals surface area contributed by atoms with Crippen LogP contribution in [0.5, 0.6) is 5.75 Å². The van der Waals surface area contributed by atoms with E-state index in [1.807, 2.05) is 54.6 Å². The van der Waals surface area contributed by atoms with Crippen molar-refractivity contribution in [2.24, 2.45) is 5.92 Å². The van der Waals surface area contributed by atoms with Crippen molar-refractivity contribution in [3.05, 3.63) is 100 Å². The Bertz CT molecular complexity index is 1370. The number of Topliss-reactive ketones (excluding diaryl/α,β-unsaturated/α-hetero) is 1. The van der Waals surface area contributed by atoms with Gasteiger partial charge < -0.3 is 4.74 Å². The molecule has 2 aliphatic rings. The fourth-order valence-electron chi connectivity index (χ4n) is 4.97. The van der Waals surface area contributed by atoms with Crippen molar-refractivity contribution in [3.8, 4) is 5.75 Å². The van der Waals surface area contributed by atoms with Crippen LogP contribution in [-0.2, 0) is 12.8 Å². The molecule has 1 aromatic heterocycles. The second-order valence-corrected chi connectivity index (χ2v) is 8.56. The number of halogens is 1. The third-order valence-corrected chi connectivity index (χ3v) is 6.64. The Balaban J connectivity index is 1.50. The molecule has 0 spiro atoms. The maximum atomic E-state index is 13.5. The number of fused-ring (bicyclic) bond motifs is 5. The van der Waals surface area contributed by atoms with Gasteiger partial charge in [-0.05, 0) is 48.4 Å². The first-order valence-electron chi connectivity index (χ1n) is 10.3. The van der Waals surface area contributed by atoms with Gasteiger partial charge in [0.25, 0.3) is 5.91 Å². The van der Waals surface area contributed by atoms with E-state index in [0.717, 1.165) is 22.2 Å². The molecule has 1 aliphatic carbocycles. The molecule has 152 valence electrons. The molecule has 2 atom stereocenters. The predicted molar refractivity (Wildman–Crippen MR) is 119 cm³/mol. The lowest BCUT2D eigenvalue weighted by atomic mass is 9.78. The summed E-state index contributed by atoms with van der Waals surface area (Å²) in [7, 11) is 0. The molecule has 4 aromatic rings. The summed E-state index contributed by atoms with van der Waals surface area (Å²) in [5.41, 5.74) is 4.04. The van der Waals surface area contributed by atoms with Crippen LogP contribution in [0.15, 0.2) is 72.8 Å². The average molecular weight is 428 g/mol. The van der Waals surface area contributed by atoms with Crippen molar-refractivity contribution in [1.82, 2.24) is 4.57 Å². The van der Waals surface area contributed by atoms with Crippen LogP contribution >= 0.6 is 11.6 Å². The molecule has 5 heteroatoms. The molecule has 0 amide bonds. The highest BCUT2D eigenvalue weighted by atomic mass is 35.5. The zero-order chi connectivity index (χ0) is 21.1. The number of nitrogens with zero attached hydrogens (tertiary/aromatic N) is 1. The normalized spacial score (nSPS) is 19.3. The lowest BCUT2D eigenvalue weighted by Gasteiger charge is -2.36. The molecule has 0 radical (unpaired) electrons. The van der Waals surface area contributed by atoms with Crippen LogP contribution in [0.25, 0.3) is 10.9 Å². The van der Waals surface area contributed by atoms with E-state index in [1.54, 1.807) is 22.8 Å². The lowest BCUT2D eigenvalue weighted by molar-refractivity contribution is 0.0629. The third kappa shape index (κ3) is 2.75. The SMILES string of the molecule is O=C1c2cc(Cl)ccc2O[C@@H]2Cc3c(c4ccccc4n3C(=O)c3ccccc3)C[C@@H]12. The highest BCUT2D eigenvalue weighted by molar-refractivity contribution is 6.31. The van der Waals surface area contributed by atoms with Gasteiger partial charge in [-0.25, -0.2) is 0 Å². The van der Waals surface area contributed by atoms with E-state index in [4.69, 9.17) is 16.3 Å². The first-order valence-corrected chi connectivity index (χ1v) is 10.7. The van der Waals surface area contributed by atoms with E-state index in [2.05, 4.69) is 0 Å². The van der Waals surface area contributed by atoms with Crippen LogP contribution < -0.4 is 4.74 Å². The van der Waals surface area contributed by atoms with Gasteiger partial charge in [0.2, 0.25) is 0 Å². The number of hydrogen-bond acceptors (Lipinski definition) is 3. The second-order valence-electron chi connectivity index (χ2n) is 8.12. The van der Waals surface area contributed by atoms with Gasteiger partial charge >= 0.3 is 0 Å². The number of rotatable bonds is 1. The predicted octanol–water partition coefficient (Wildman–Crippen LogP) is 5.34. The van der Waals surface area contributed by atoms with E-state index < -0.39 is 0 Å². The second kappa shape index (κ2) is 6.82. The number of hydrogen-bond donors (Lipinski definition) is 0. The van der Waals surface area contributed by atoms with Crippen LogP contribution in [0.2, 0.25) is 5.02 Å². The number of benzene rings is 3. The van der Waals surface area contributed by atoms with Crippen LogP contribution in [-0.4, -0.2) is 22.4 Å². The van der Waals surface area contributed by atoms with E-state index in [1.165, 1.54) is 0 Å². The van der Waals surface area contributed by atoms with E-state index in [9.17, 15) is 9.59 Å². The van der Waals surface area contributed by atoms with Gasteiger partial charge in [-0.2, -0.15) is 0 Å². The number of carbonyl (C=O) groups is 2. The first-order chi connectivity index (χ1) is 15.1. The number of ether oxygens (including phenoxy) is 1. The molecule has 4 nitrogen and oxygen atoms in total. The highest BCUT2D eigenvalue weighted by Crippen LogP contribution is 2.41. The molecule has 1 aliphatic heterocycles. The van der Waals surface area contributed by atoms with Gasteiger partial charge in [0, 0.05) is 28.1 Å². The maximum Gasteiger partial charge on any atom is 0.262 e. The largest absolute Gasteiger partial charge is 0.488 e. The molecule has 0 fully saturated rings. The summed E-state index contributed by atoms with van der Waals surface area (Å²) in [4.78, 5) is 26.8. The van der Waals surface area contributed by atoms with Crippen molar-refractivity contribution in [3.63, 3.8) is 0 Å². The summed E-state index contributed by atoms with van der Waals surface area (Å²) in [5, 5.41) is 1.54. The first kappa shape index (κ1) is 18.4. The highest BCUT2D eigenvalue weighted by Gasteiger charge is 2.43. The molecule has 0 unspecified atom stereocenters. The quantitative estimate of drug-likeness (QED) is 0.412. The molecule has 0 saturated carbocycles. The van der Waals surface area contributed by atoms with Crippen LogP contribution in [0.3, 0.4) is 0 Å². The zero-order valence-electron chi connectivity index (χ0n) is 16.5. The number of aromatic nitrogens is 1. The number of para-hydroxylation sites is 1. The average Bonchev–Trinajstić information content (AvgIpc) is 3.12. The van der Waals surface area contributed by atoms with Gasteiger partial charge in [-0.3, -0.25) is 14.2 Å². The molecule has 0 N–H and O–H groups in total. The topological polar surface area (TPSA) is 48.3 Å². The minimum absolute atomic E-state index is 0.0608. The summed E-state index contributed by atoms with van der Waals surface area (Å²) in [6.07, 6.45) is 0.738. The van der Waals surface area contributed by atoms with E-state index in [-0.39, 0.29) is 23.7 Å². The van der Waals surface area contributed by atoms with Gasteiger partial charge in [0.05, 0.1) is 17.0 Å². The van der Waals surface area contributed by atoms with Crippen LogP contribution in [0, 0.1) is 5.92 Å². The molecular weight excluding hydrogens is 410 g/mol. The van der Waals surface area contributed by atoms with E-state index >= 15 is 0 Å². The standard InChI is InChI=1S/C26H18ClNO3/c27-16-10-11-23-19(12-16)25(29)20-13-18-17-8-4-5-9-21(17)28(22(18)14-24(20)31-23)26(30)15-6-2-1-3-7-15/h1-12,20,24H,13-14H2/t20-,24-/m1/s1. The van der Waals surface area contributed by atoms with Crippen molar-refractivity contribution in [2.75, 3.05) is 0 Å². The lowest BCUT2D eigenvalue weighted by Crippen LogP contribution is -2.43. The van der Waals surface area contributed by atoms with Crippen LogP contribution in [0.1, 0.15) is 32.0 Å². The van der Waals surface area contributed by atoms with E-state index in [0.29, 0.717) is 34.7 Å². The van der Waals surface area contributed by atoms with Gasteiger partial charge in [0.15, 0.2) is 5.78 Å². The Morgan fingerprint density at radius 3 is 2.58 bits per heavy atom. The number of carbonyl (C=O) groups excluding carboxylic acids is 2. The van der Waals surface area contributed by atoms with Crippen molar-refractivity contribution < 1.29 is 14.3 Å². The maximum absolute atomic E-state index is 13.5. The minimum Gasteiger partial charge on any atom is -0.488 e. The molecule has 31 heavy (non-hydrogen) atoms. The van der Waals surface area contributed by atoms with Crippen molar-refractivity contribution in [1.29, 1.82) is 0 Å². The van der Waals surface area contributed by atoms with Gasteiger partial charge in [0.1, 0.15) is 11.9 Å². The van der Waals surface area contributed by atoms with Crippen molar-refractivity contribution in [2.45, 2.75) is 18.9 Å². The molecule has 0 bridgehead atoms. The number of ketones is 1. The third-order valence-electron chi connectivity index (χ3n) is 6.40. The summed E-state index contributed by atoms with van der Waals surface area (Å²) in [6.45, 7) is 0. The molecule has 3 aromatic carbocycles. The minimum atomic E-state index is -0.305. The van der Waals surface area contributed by atoms with Gasteiger partial charge in [-0.15, -0.1) is 0 Å². The van der Waals surface area contributed by atoms with Crippen LogP contribution in [0.4, 0.5) is 0 Å².